The third kappa shape index (κ3) is 7.97. The van der Waals surface area contributed by atoms with Gasteiger partial charge in [-0.1, -0.05) is 97.1 Å². The molecule has 6 heteroatoms. The standard InChI is InChI=1S/C31H29NO5/c33-30(20-23-10-4-1-5-11-23)32-27(31(34)35)18-26-16-17-28(36-21-24-12-6-2-7-13-24)29(19-26)37-22-25-14-8-3-9-15-25/h1-17,19,27H,18,20-22H2,(H,32,33)(H,34,35)/t27-/m1/s1. The lowest BCUT2D eigenvalue weighted by Crippen LogP contribution is -2.43. The quantitative estimate of drug-likeness (QED) is 0.282. The molecular weight excluding hydrogens is 466 g/mol. The first kappa shape index (κ1) is 25.5. The van der Waals surface area contributed by atoms with Crippen LogP contribution in [0.5, 0.6) is 11.5 Å². The molecule has 188 valence electrons. The molecule has 0 saturated carbocycles. The van der Waals surface area contributed by atoms with Crippen LogP contribution in [0.2, 0.25) is 0 Å². The summed E-state index contributed by atoms with van der Waals surface area (Å²) in [5.41, 5.74) is 3.55. The van der Waals surface area contributed by atoms with Crippen molar-refractivity contribution in [2.75, 3.05) is 0 Å². The minimum absolute atomic E-state index is 0.108. The smallest absolute Gasteiger partial charge is 0.326 e. The van der Waals surface area contributed by atoms with Crippen molar-refractivity contribution in [1.82, 2.24) is 5.32 Å². The largest absolute Gasteiger partial charge is 0.485 e. The minimum Gasteiger partial charge on any atom is -0.485 e. The lowest BCUT2D eigenvalue weighted by atomic mass is 10.0. The maximum atomic E-state index is 12.5. The molecule has 6 nitrogen and oxygen atoms in total. The van der Waals surface area contributed by atoms with Crippen LogP contribution in [-0.4, -0.2) is 23.0 Å². The molecule has 4 aromatic carbocycles. The van der Waals surface area contributed by atoms with Crippen LogP contribution in [-0.2, 0) is 35.6 Å². The third-order valence-corrected chi connectivity index (χ3v) is 5.76. The van der Waals surface area contributed by atoms with E-state index in [-0.39, 0.29) is 18.7 Å². The second-order valence-electron chi connectivity index (χ2n) is 8.65. The summed E-state index contributed by atoms with van der Waals surface area (Å²) in [7, 11) is 0. The molecule has 0 unspecified atom stereocenters. The SMILES string of the molecule is O=C(Cc1ccccc1)N[C@H](Cc1ccc(OCc2ccccc2)c(OCc2ccccc2)c1)C(=O)O. The summed E-state index contributed by atoms with van der Waals surface area (Å²) < 4.78 is 12.1. The van der Waals surface area contributed by atoms with Crippen LogP contribution in [0.25, 0.3) is 0 Å². The van der Waals surface area contributed by atoms with Gasteiger partial charge < -0.3 is 19.9 Å². The van der Waals surface area contributed by atoms with Crippen molar-refractivity contribution >= 4 is 11.9 Å². The Kier molecular flexibility index (Phi) is 8.92. The van der Waals surface area contributed by atoms with Gasteiger partial charge in [-0.3, -0.25) is 4.79 Å². The number of hydrogen-bond acceptors (Lipinski definition) is 4. The summed E-state index contributed by atoms with van der Waals surface area (Å²) >= 11 is 0. The molecule has 4 rings (SSSR count). The predicted molar refractivity (Wildman–Crippen MR) is 141 cm³/mol. The van der Waals surface area contributed by atoms with Crippen LogP contribution in [0.1, 0.15) is 22.3 Å². The highest BCUT2D eigenvalue weighted by molar-refractivity contribution is 5.85. The number of carbonyl (C=O) groups excluding carboxylic acids is 1. The van der Waals surface area contributed by atoms with E-state index in [1.54, 1.807) is 18.2 Å². The van der Waals surface area contributed by atoms with E-state index in [0.29, 0.717) is 30.3 Å². The Balaban J connectivity index is 1.48. The average Bonchev–Trinajstić information content (AvgIpc) is 2.92. The van der Waals surface area contributed by atoms with Crippen molar-refractivity contribution in [3.63, 3.8) is 0 Å². The number of ether oxygens (including phenoxy) is 2. The molecule has 1 amide bonds. The molecule has 37 heavy (non-hydrogen) atoms. The van der Waals surface area contributed by atoms with Crippen molar-refractivity contribution < 1.29 is 24.2 Å². The third-order valence-electron chi connectivity index (χ3n) is 5.76. The van der Waals surface area contributed by atoms with Crippen molar-refractivity contribution in [2.24, 2.45) is 0 Å². The fraction of sp³-hybridized carbons (Fsp3) is 0.161. The number of carboxylic acid groups (broad SMARTS) is 1. The summed E-state index contributed by atoms with van der Waals surface area (Å²) in [6.45, 7) is 0.706. The summed E-state index contributed by atoms with van der Waals surface area (Å²) in [4.78, 5) is 24.4. The van der Waals surface area contributed by atoms with E-state index < -0.39 is 12.0 Å². The summed E-state index contributed by atoms with van der Waals surface area (Å²) in [6.07, 6.45) is 0.221. The molecule has 0 spiro atoms. The van der Waals surface area contributed by atoms with Crippen LogP contribution in [0.4, 0.5) is 0 Å². The summed E-state index contributed by atoms with van der Waals surface area (Å²) in [5.74, 6) is -0.375. The van der Waals surface area contributed by atoms with Gasteiger partial charge in [0.1, 0.15) is 19.3 Å². The molecule has 0 fully saturated rings. The van der Waals surface area contributed by atoms with Gasteiger partial charge in [-0.15, -0.1) is 0 Å². The normalized spacial score (nSPS) is 11.4. The number of hydrogen-bond donors (Lipinski definition) is 2. The highest BCUT2D eigenvalue weighted by Crippen LogP contribution is 2.30. The molecule has 0 aliphatic rings. The number of nitrogens with one attached hydrogen (secondary N) is 1. The monoisotopic (exact) mass is 495 g/mol. The van der Waals surface area contributed by atoms with E-state index in [1.165, 1.54) is 0 Å². The number of aliphatic carboxylic acids is 1. The van der Waals surface area contributed by atoms with E-state index >= 15 is 0 Å². The van der Waals surface area contributed by atoms with Gasteiger partial charge in [0.05, 0.1) is 6.42 Å². The van der Waals surface area contributed by atoms with Crippen LogP contribution in [0, 0.1) is 0 Å². The zero-order chi connectivity index (χ0) is 25.9. The van der Waals surface area contributed by atoms with Crippen molar-refractivity contribution in [2.45, 2.75) is 32.1 Å². The second kappa shape index (κ2) is 12.9. The van der Waals surface area contributed by atoms with Gasteiger partial charge in [-0.05, 0) is 34.4 Å². The first-order chi connectivity index (χ1) is 18.1. The number of carbonyl (C=O) groups is 2. The van der Waals surface area contributed by atoms with E-state index in [9.17, 15) is 14.7 Å². The van der Waals surface area contributed by atoms with Crippen LogP contribution < -0.4 is 14.8 Å². The molecule has 0 aromatic heterocycles. The fourth-order valence-electron chi connectivity index (χ4n) is 3.84. The maximum absolute atomic E-state index is 12.5. The Morgan fingerprint density at radius 3 is 1.70 bits per heavy atom. The number of rotatable bonds is 12. The van der Waals surface area contributed by atoms with E-state index in [1.807, 2.05) is 91.0 Å². The highest BCUT2D eigenvalue weighted by Gasteiger charge is 2.21. The molecule has 0 radical (unpaired) electrons. The topological polar surface area (TPSA) is 84.9 Å². The Morgan fingerprint density at radius 2 is 1.16 bits per heavy atom. The molecule has 0 bridgehead atoms. The van der Waals surface area contributed by atoms with Gasteiger partial charge in [0.2, 0.25) is 5.91 Å². The van der Waals surface area contributed by atoms with Gasteiger partial charge in [0.25, 0.3) is 0 Å². The van der Waals surface area contributed by atoms with Crippen LogP contribution in [0.15, 0.2) is 109 Å². The Hall–Kier alpha value is -4.58. The van der Waals surface area contributed by atoms with Crippen molar-refractivity contribution in [3.8, 4) is 11.5 Å². The zero-order valence-corrected chi connectivity index (χ0v) is 20.4. The van der Waals surface area contributed by atoms with E-state index in [0.717, 1.165) is 16.7 Å². The predicted octanol–water partition coefficient (Wildman–Crippen LogP) is 5.20. The van der Waals surface area contributed by atoms with Crippen molar-refractivity contribution in [1.29, 1.82) is 0 Å². The molecule has 0 aliphatic heterocycles. The van der Waals surface area contributed by atoms with Crippen LogP contribution >= 0.6 is 0 Å². The van der Waals surface area contributed by atoms with Crippen molar-refractivity contribution in [3.05, 3.63) is 131 Å². The highest BCUT2D eigenvalue weighted by atomic mass is 16.5. The van der Waals surface area contributed by atoms with E-state index in [4.69, 9.17) is 9.47 Å². The zero-order valence-electron chi connectivity index (χ0n) is 20.4. The lowest BCUT2D eigenvalue weighted by Gasteiger charge is -2.17. The van der Waals surface area contributed by atoms with Gasteiger partial charge in [-0.25, -0.2) is 4.79 Å². The molecule has 0 heterocycles. The molecular formula is C31H29NO5. The Labute approximate surface area is 216 Å². The molecule has 1 atom stereocenters. The first-order valence-electron chi connectivity index (χ1n) is 12.1. The van der Waals surface area contributed by atoms with Crippen LogP contribution in [0.3, 0.4) is 0 Å². The number of carboxylic acids is 1. The fourth-order valence-corrected chi connectivity index (χ4v) is 3.84. The molecule has 4 aromatic rings. The van der Waals surface area contributed by atoms with Gasteiger partial charge in [-0.2, -0.15) is 0 Å². The number of benzene rings is 4. The summed E-state index contributed by atoms with van der Waals surface area (Å²) in [6, 6.07) is 33.1. The van der Waals surface area contributed by atoms with Gasteiger partial charge in [0.15, 0.2) is 11.5 Å². The van der Waals surface area contributed by atoms with E-state index in [2.05, 4.69) is 5.32 Å². The molecule has 0 saturated heterocycles. The van der Waals surface area contributed by atoms with Gasteiger partial charge >= 0.3 is 5.97 Å². The second-order valence-corrected chi connectivity index (χ2v) is 8.65. The molecule has 0 aliphatic carbocycles. The first-order valence-corrected chi connectivity index (χ1v) is 12.1. The molecule has 2 N–H and O–H groups in total. The number of amides is 1. The summed E-state index contributed by atoms with van der Waals surface area (Å²) in [5, 5.41) is 12.4. The Morgan fingerprint density at radius 1 is 0.649 bits per heavy atom. The minimum atomic E-state index is -1.10. The van der Waals surface area contributed by atoms with Gasteiger partial charge in [0, 0.05) is 6.42 Å². The average molecular weight is 496 g/mol. The Bertz CT molecular complexity index is 1290. The maximum Gasteiger partial charge on any atom is 0.326 e. The lowest BCUT2D eigenvalue weighted by molar-refractivity contribution is -0.141.